The Labute approximate surface area is 118 Å². The molecule has 0 atom stereocenters. The zero-order valence-electron chi connectivity index (χ0n) is 9.77. The van der Waals surface area contributed by atoms with E-state index in [4.69, 9.17) is 0 Å². The van der Waals surface area contributed by atoms with Crippen molar-refractivity contribution in [1.29, 1.82) is 0 Å². The first-order valence-corrected chi connectivity index (χ1v) is 5.52. The Hall–Kier alpha value is -0.213. The molecule has 1 aromatic heterocycles. The summed E-state index contributed by atoms with van der Waals surface area (Å²) in [6.07, 6.45) is 5.78. The molecule has 0 saturated heterocycles. The van der Waals surface area contributed by atoms with Crippen molar-refractivity contribution in [2.45, 2.75) is 26.7 Å². The summed E-state index contributed by atoms with van der Waals surface area (Å²) in [5, 5.41) is 1.17. The SMILES string of the molecule is CCCc1nc2c(s1)=C[C-](C)N=CN=2.[Li+].[SH-]. The summed E-state index contributed by atoms with van der Waals surface area (Å²) in [7, 11) is 0. The second-order valence-electron chi connectivity index (χ2n) is 3.20. The van der Waals surface area contributed by atoms with Gasteiger partial charge >= 0.3 is 18.9 Å². The number of aliphatic imine (C=N–C) groups is 1. The third kappa shape index (κ3) is 3.67. The molecule has 1 aliphatic rings. The quantitative estimate of drug-likeness (QED) is 0.258. The van der Waals surface area contributed by atoms with Gasteiger partial charge in [0, 0.05) is 6.34 Å². The van der Waals surface area contributed by atoms with E-state index >= 15 is 0 Å². The van der Waals surface area contributed by atoms with Gasteiger partial charge in [0.15, 0.2) is 0 Å². The number of hydrogen-bond acceptors (Lipinski definition) is 5. The van der Waals surface area contributed by atoms with Crippen LogP contribution in [0.4, 0.5) is 0 Å². The fourth-order valence-electron chi connectivity index (χ4n) is 1.28. The Kier molecular flexibility index (Phi) is 7.08. The molecule has 0 saturated carbocycles. The maximum Gasteiger partial charge on any atom is 1.00 e. The van der Waals surface area contributed by atoms with E-state index in [0.29, 0.717) is 0 Å². The molecular weight excluding hydrogens is 233 g/mol. The molecule has 0 radical (unpaired) electrons. The zero-order valence-corrected chi connectivity index (χ0v) is 11.5. The van der Waals surface area contributed by atoms with Crippen LogP contribution in [0.1, 0.15) is 25.3 Å². The molecule has 0 N–H and O–H groups in total. The van der Waals surface area contributed by atoms with Gasteiger partial charge in [0.25, 0.3) is 0 Å². The largest absolute Gasteiger partial charge is 1.00 e. The Morgan fingerprint density at radius 2 is 2.19 bits per heavy atom. The monoisotopic (exact) mass is 246 g/mol. The molecule has 3 nitrogen and oxygen atoms in total. The summed E-state index contributed by atoms with van der Waals surface area (Å²) in [5.41, 5.74) is 0.819. The van der Waals surface area contributed by atoms with E-state index in [-0.39, 0.29) is 32.4 Å². The Morgan fingerprint density at radius 3 is 2.88 bits per heavy atom. The molecule has 1 aliphatic heterocycles. The van der Waals surface area contributed by atoms with Crippen LogP contribution in [-0.4, -0.2) is 11.3 Å². The number of nitrogens with zero attached hydrogens (tertiary/aromatic N) is 3. The van der Waals surface area contributed by atoms with E-state index in [1.165, 1.54) is 5.01 Å². The topological polar surface area (TPSA) is 37.6 Å². The standard InChI is InChI=1S/C10H12N3S.Li.H2S/c1-3-4-9-13-10-8(14-9)5-7(2)11-6-12-10;;/h5-6H,3-4H2,1-2H3;;1H2/q-1;+1;/p-1. The van der Waals surface area contributed by atoms with Crippen LogP contribution >= 0.6 is 11.3 Å². The third-order valence-electron chi connectivity index (χ3n) is 1.92. The molecular formula is C10H13LiN3S2-. The van der Waals surface area contributed by atoms with Crippen LogP contribution in [0.2, 0.25) is 0 Å². The van der Waals surface area contributed by atoms with E-state index in [0.717, 1.165) is 28.9 Å². The third-order valence-corrected chi connectivity index (χ3v) is 2.98. The number of fused-ring (bicyclic) bond motifs is 1. The van der Waals surface area contributed by atoms with E-state index in [9.17, 15) is 0 Å². The van der Waals surface area contributed by atoms with Gasteiger partial charge in [0.1, 0.15) is 5.49 Å². The molecule has 2 rings (SSSR count). The van der Waals surface area contributed by atoms with E-state index < -0.39 is 0 Å². The van der Waals surface area contributed by atoms with Gasteiger partial charge in [-0.3, -0.25) is 4.99 Å². The zero-order chi connectivity index (χ0) is 9.97. The van der Waals surface area contributed by atoms with Crippen molar-refractivity contribution in [2.75, 3.05) is 0 Å². The van der Waals surface area contributed by atoms with Crippen LogP contribution in [0.15, 0.2) is 9.98 Å². The predicted octanol–water partition coefficient (Wildman–Crippen LogP) is -2.18. The summed E-state index contributed by atoms with van der Waals surface area (Å²) in [5.74, 6) is 0. The van der Waals surface area contributed by atoms with Crippen LogP contribution < -0.4 is 28.9 Å². The average Bonchev–Trinajstić information content (AvgIpc) is 2.41. The van der Waals surface area contributed by atoms with Gasteiger partial charge in [-0.2, -0.15) is 11.3 Å². The number of rotatable bonds is 2. The maximum absolute atomic E-state index is 4.45. The molecule has 6 heteroatoms. The first kappa shape index (κ1) is 15.8. The molecule has 0 fully saturated rings. The summed E-state index contributed by atoms with van der Waals surface area (Å²) in [6, 6.07) is 0.985. The summed E-state index contributed by atoms with van der Waals surface area (Å²) in [4.78, 5) is 12.8. The predicted molar refractivity (Wildman–Crippen MR) is 67.5 cm³/mol. The van der Waals surface area contributed by atoms with Crippen molar-refractivity contribution in [3.63, 3.8) is 0 Å². The molecule has 16 heavy (non-hydrogen) atoms. The van der Waals surface area contributed by atoms with Crippen LogP contribution in [0, 0.1) is 6.04 Å². The second-order valence-corrected chi connectivity index (χ2v) is 4.32. The first-order valence-electron chi connectivity index (χ1n) is 4.71. The van der Waals surface area contributed by atoms with E-state index in [1.807, 2.05) is 13.0 Å². The first-order chi connectivity index (χ1) is 6.79. The van der Waals surface area contributed by atoms with E-state index in [2.05, 4.69) is 21.9 Å². The molecule has 82 valence electrons. The number of hydrogen-bond donors (Lipinski definition) is 0. The van der Waals surface area contributed by atoms with Gasteiger partial charge in [0.2, 0.25) is 0 Å². The fraction of sp³-hybridized carbons (Fsp3) is 0.400. The molecule has 2 heterocycles. The van der Waals surface area contributed by atoms with Crippen molar-refractivity contribution in [3.05, 3.63) is 21.1 Å². The van der Waals surface area contributed by atoms with Crippen LogP contribution in [0.25, 0.3) is 6.08 Å². The molecule has 0 amide bonds. The minimum absolute atomic E-state index is 0. The van der Waals surface area contributed by atoms with Crippen molar-refractivity contribution in [3.8, 4) is 0 Å². The Bertz CT molecular complexity index is 467. The number of thiazole rings is 1. The van der Waals surface area contributed by atoms with Crippen molar-refractivity contribution in [2.24, 2.45) is 9.98 Å². The number of aromatic nitrogens is 1. The fourth-order valence-corrected chi connectivity index (χ4v) is 2.39. The Morgan fingerprint density at radius 1 is 1.44 bits per heavy atom. The summed E-state index contributed by atoms with van der Waals surface area (Å²) >= 11 is 1.72. The van der Waals surface area contributed by atoms with Gasteiger partial charge in [-0.25, -0.2) is 4.98 Å². The van der Waals surface area contributed by atoms with Crippen LogP contribution in [0.3, 0.4) is 0 Å². The minimum Gasteiger partial charge on any atom is -0.813 e. The maximum atomic E-state index is 4.45. The molecule has 1 aromatic rings. The number of thiol groups is 1. The van der Waals surface area contributed by atoms with Gasteiger partial charge in [-0.05, 0) is 17.4 Å². The Balaban J connectivity index is 0.00000112. The molecule has 0 bridgehead atoms. The molecule has 0 unspecified atom stereocenters. The van der Waals surface area contributed by atoms with E-state index in [1.54, 1.807) is 17.7 Å². The molecule has 0 spiro atoms. The van der Waals surface area contributed by atoms with Gasteiger partial charge < -0.3 is 18.5 Å². The van der Waals surface area contributed by atoms with Gasteiger partial charge in [-0.1, -0.05) is 19.9 Å². The van der Waals surface area contributed by atoms with Crippen molar-refractivity contribution >= 4 is 37.2 Å². The summed E-state index contributed by atoms with van der Waals surface area (Å²) in [6.45, 7) is 4.13. The van der Waals surface area contributed by atoms with Crippen LogP contribution in [-0.2, 0) is 19.9 Å². The smallest absolute Gasteiger partial charge is 0.813 e. The molecule has 0 aromatic carbocycles. The van der Waals surface area contributed by atoms with Gasteiger partial charge in [0.05, 0.1) is 5.01 Å². The number of aryl methyl sites for hydroxylation is 1. The minimum atomic E-state index is 0. The summed E-state index contributed by atoms with van der Waals surface area (Å²) < 4.78 is 1.13. The second kappa shape index (κ2) is 7.18. The van der Waals surface area contributed by atoms with Crippen molar-refractivity contribution < 1.29 is 18.9 Å². The van der Waals surface area contributed by atoms with Crippen LogP contribution in [0.5, 0.6) is 0 Å². The van der Waals surface area contributed by atoms with Crippen molar-refractivity contribution in [1.82, 2.24) is 4.98 Å². The molecule has 0 aliphatic carbocycles. The normalized spacial score (nSPS) is 12.5. The average molecular weight is 246 g/mol. The van der Waals surface area contributed by atoms with Gasteiger partial charge in [-0.15, -0.1) is 6.08 Å².